The van der Waals surface area contributed by atoms with Gasteiger partial charge >= 0.3 is 0 Å². The highest BCUT2D eigenvalue weighted by molar-refractivity contribution is 5.83. The van der Waals surface area contributed by atoms with Crippen molar-refractivity contribution < 1.29 is 14.2 Å². The van der Waals surface area contributed by atoms with Gasteiger partial charge in [0.15, 0.2) is 17.3 Å². The van der Waals surface area contributed by atoms with Gasteiger partial charge in [-0.15, -0.1) is 5.10 Å². The van der Waals surface area contributed by atoms with Crippen molar-refractivity contribution in [1.29, 1.82) is 0 Å². The number of rotatable bonds is 5. The molecule has 3 aromatic rings. The van der Waals surface area contributed by atoms with Crippen molar-refractivity contribution in [2.45, 2.75) is 38.8 Å². The zero-order chi connectivity index (χ0) is 22.3. The summed E-state index contributed by atoms with van der Waals surface area (Å²) in [7, 11) is 0. The second-order valence-corrected chi connectivity index (χ2v) is 8.80. The van der Waals surface area contributed by atoms with E-state index in [9.17, 15) is 4.79 Å². The summed E-state index contributed by atoms with van der Waals surface area (Å²) in [6, 6.07) is 5.26. The Morgan fingerprint density at radius 2 is 1.81 bits per heavy atom. The topological polar surface area (TPSA) is 107 Å². The Balaban J connectivity index is 1.67. The number of morpholine rings is 1. The highest BCUT2D eigenvalue weighted by atomic mass is 16.6. The van der Waals surface area contributed by atoms with Gasteiger partial charge in [0.05, 0.1) is 24.3 Å². The summed E-state index contributed by atoms with van der Waals surface area (Å²) in [6.07, 6.45) is 0.846. The second-order valence-electron chi connectivity index (χ2n) is 8.80. The number of nitrogens with one attached hydrogen (secondary N) is 1. The van der Waals surface area contributed by atoms with E-state index in [-0.39, 0.29) is 11.1 Å². The number of hydrogen-bond acceptors (Lipinski definition) is 8. The van der Waals surface area contributed by atoms with Crippen LogP contribution in [0, 0.1) is 0 Å². The third-order valence-corrected chi connectivity index (χ3v) is 6.42. The lowest BCUT2D eigenvalue weighted by Gasteiger charge is -2.35. The van der Waals surface area contributed by atoms with Crippen molar-refractivity contribution in [2.75, 3.05) is 39.5 Å². The second kappa shape index (κ2) is 8.18. The first kappa shape index (κ1) is 20.9. The summed E-state index contributed by atoms with van der Waals surface area (Å²) in [5.74, 6) is 1.98. The van der Waals surface area contributed by atoms with E-state index >= 15 is 0 Å². The molecule has 2 aliphatic heterocycles. The molecule has 0 unspecified atom stereocenters. The van der Waals surface area contributed by atoms with Crippen LogP contribution < -0.4 is 15.0 Å². The minimum Gasteiger partial charge on any atom is -0.486 e. The van der Waals surface area contributed by atoms with Crippen LogP contribution in [0.1, 0.15) is 44.6 Å². The van der Waals surface area contributed by atoms with Crippen LogP contribution in [0.4, 0.5) is 0 Å². The van der Waals surface area contributed by atoms with Crippen LogP contribution in [0.15, 0.2) is 23.0 Å². The summed E-state index contributed by atoms with van der Waals surface area (Å²) in [4.78, 5) is 18.6. The van der Waals surface area contributed by atoms with Gasteiger partial charge in [0.2, 0.25) is 0 Å². The molecule has 32 heavy (non-hydrogen) atoms. The summed E-state index contributed by atoms with van der Waals surface area (Å²) >= 11 is 0. The Hall–Kier alpha value is -2.98. The van der Waals surface area contributed by atoms with Crippen molar-refractivity contribution >= 4 is 10.9 Å². The molecular formula is C22H28N6O4. The van der Waals surface area contributed by atoms with E-state index in [0.29, 0.717) is 67.9 Å². The van der Waals surface area contributed by atoms with E-state index in [1.807, 2.05) is 22.9 Å². The molecule has 1 saturated heterocycles. The molecule has 0 bridgehead atoms. The molecule has 2 aromatic heterocycles. The maximum Gasteiger partial charge on any atom is 0.253 e. The molecule has 1 atom stereocenters. The molecule has 0 spiro atoms. The van der Waals surface area contributed by atoms with Gasteiger partial charge in [-0.05, 0) is 42.8 Å². The number of nitrogens with zero attached hydrogens (tertiary/aromatic N) is 5. The van der Waals surface area contributed by atoms with Crippen LogP contribution in [0.3, 0.4) is 0 Å². The average molecular weight is 441 g/mol. The smallest absolute Gasteiger partial charge is 0.253 e. The van der Waals surface area contributed by atoms with E-state index in [2.05, 4.69) is 46.2 Å². The number of fused-ring (bicyclic) bond motifs is 2. The van der Waals surface area contributed by atoms with E-state index < -0.39 is 6.04 Å². The number of pyridine rings is 1. The van der Waals surface area contributed by atoms with Crippen molar-refractivity contribution in [1.82, 2.24) is 30.1 Å². The summed E-state index contributed by atoms with van der Waals surface area (Å²) in [5, 5.41) is 13.5. The van der Waals surface area contributed by atoms with E-state index in [0.717, 1.165) is 11.8 Å². The molecule has 4 heterocycles. The highest BCUT2D eigenvalue weighted by Crippen LogP contribution is 2.35. The van der Waals surface area contributed by atoms with Gasteiger partial charge in [-0.3, -0.25) is 9.69 Å². The van der Waals surface area contributed by atoms with Gasteiger partial charge in [-0.25, -0.2) is 4.68 Å². The quantitative estimate of drug-likeness (QED) is 0.641. The predicted molar refractivity (Wildman–Crippen MR) is 117 cm³/mol. The van der Waals surface area contributed by atoms with Crippen molar-refractivity contribution in [2.24, 2.45) is 0 Å². The number of hydrogen-bond donors (Lipinski definition) is 1. The lowest BCUT2D eigenvalue weighted by atomic mass is 9.99. The lowest BCUT2D eigenvalue weighted by molar-refractivity contribution is 0.0204. The Labute approximate surface area is 185 Å². The van der Waals surface area contributed by atoms with E-state index in [4.69, 9.17) is 14.2 Å². The maximum atomic E-state index is 13.3. The van der Waals surface area contributed by atoms with E-state index in [1.165, 1.54) is 0 Å². The number of aromatic nitrogens is 5. The third-order valence-electron chi connectivity index (χ3n) is 6.42. The number of ether oxygens (including phenoxy) is 3. The fourth-order valence-electron chi connectivity index (χ4n) is 4.24. The molecule has 1 N–H and O–H groups in total. The molecule has 10 heteroatoms. The minimum absolute atomic E-state index is 0.172. The SMILES string of the molecule is CCC(C)(C)n1nnnc1[C@H](c1cc2cc3c(cc2[nH]c1=O)OCCO3)N1CCOCC1. The van der Waals surface area contributed by atoms with E-state index in [1.54, 1.807) is 0 Å². The monoisotopic (exact) mass is 440 g/mol. The Kier molecular flexibility index (Phi) is 5.34. The first-order valence-corrected chi connectivity index (χ1v) is 11.0. The average Bonchev–Trinajstić information content (AvgIpc) is 3.29. The minimum atomic E-state index is -0.402. The van der Waals surface area contributed by atoms with Crippen LogP contribution in [0.25, 0.3) is 10.9 Å². The normalized spacial score (nSPS) is 18.1. The Morgan fingerprint density at radius 1 is 1.09 bits per heavy atom. The molecule has 170 valence electrons. The van der Waals surface area contributed by atoms with Gasteiger partial charge in [-0.1, -0.05) is 6.92 Å². The van der Waals surface area contributed by atoms with Gasteiger partial charge < -0.3 is 19.2 Å². The predicted octanol–water partition coefficient (Wildman–Crippen LogP) is 1.85. The summed E-state index contributed by atoms with van der Waals surface area (Å²) in [5.41, 5.74) is 0.836. The molecule has 10 nitrogen and oxygen atoms in total. The highest BCUT2D eigenvalue weighted by Gasteiger charge is 2.35. The van der Waals surface area contributed by atoms with Gasteiger partial charge in [0.25, 0.3) is 5.56 Å². The molecule has 0 saturated carbocycles. The summed E-state index contributed by atoms with van der Waals surface area (Å²) < 4.78 is 18.8. The van der Waals surface area contributed by atoms with Gasteiger partial charge in [0.1, 0.15) is 19.3 Å². The zero-order valence-electron chi connectivity index (χ0n) is 18.6. The van der Waals surface area contributed by atoms with Crippen LogP contribution in [-0.2, 0) is 10.3 Å². The zero-order valence-corrected chi connectivity index (χ0v) is 18.6. The first-order chi connectivity index (χ1) is 15.5. The third kappa shape index (κ3) is 3.63. The van der Waals surface area contributed by atoms with Crippen LogP contribution >= 0.6 is 0 Å². The number of tetrazole rings is 1. The lowest BCUT2D eigenvalue weighted by Crippen LogP contribution is -2.43. The maximum absolute atomic E-state index is 13.3. The molecule has 0 radical (unpaired) electrons. The molecule has 2 aliphatic rings. The molecule has 0 aliphatic carbocycles. The molecule has 0 amide bonds. The first-order valence-electron chi connectivity index (χ1n) is 11.0. The molecule has 1 aromatic carbocycles. The van der Waals surface area contributed by atoms with Crippen LogP contribution in [0.5, 0.6) is 11.5 Å². The van der Waals surface area contributed by atoms with Crippen LogP contribution in [-0.4, -0.2) is 69.6 Å². The fourth-order valence-corrected chi connectivity index (χ4v) is 4.24. The number of H-pyrrole nitrogens is 1. The van der Waals surface area contributed by atoms with Crippen LogP contribution in [0.2, 0.25) is 0 Å². The fraction of sp³-hybridized carbons (Fsp3) is 0.545. The standard InChI is InChI=1S/C22H28N6O4/c1-4-22(2,3)28-20(24-25-26-28)19(27-5-7-30-8-6-27)15-11-14-12-17-18(32-10-9-31-17)13-16(14)23-21(15)29/h11-13,19H,4-10H2,1-3H3,(H,23,29)/t19-/m0/s1. The Bertz CT molecular complexity index is 1180. The molecule has 5 rings (SSSR count). The molecule has 1 fully saturated rings. The summed E-state index contributed by atoms with van der Waals surface area (Å²) in [6.45, 7) is 9.85. The van der Waals surface area contributed by atoms with Crippen molar-refractivity contribution in [3.63, 3.8) is 0 Å². The van der Waals surface area contributed by atoms with Gasteiger partial charge in [-0.2, -0.15) is 0 Å². The van der Waals surface area contributed by atoms with Crippen molar-refractivity contribution in [3.8, 4) is 11.5 Å². The van der Waals surface area contributed by atoms with Crippen molar-refractivity contribution in [3.05, 3.63) is 39.9 Å². The number of aromatic amines is 1. The van der Waals surface area contributed by atoms with Gasteiger partial charge in [0, 0.05) is 30.1 Å². The number of benzene rings is 1. The Morgan fingerprint density at radius 3 is 2.53 bits per heavy atom. The molecular weight excluding hydrogens is 412 g/mol. The largest absolute Gasteiger partial charge is 0.486 e.